The first-order chi connectivity index (χ1) is 6.65. The van der Waals surface area contributed by atoms with Crippen molar-refractivity contribution in [3.05, 3.63) is 36.9 Å². The lowest BCUT2D eigenvalue weighted by Gasteiger charge is -2.50. The predicted octanol–water partition coefficient (Wildman–Crippen LogP) is 0.990. The van der Waals surface area contributed by atoms with Gasteiger partial charge < -0.3 is 14.7 Å². The van der Waals surface area contributed by atoms with Gasteiger partial charge in [0, 0.05) is 18.7 Å². The molecule has 0 unspecified atom stereocenters. The van der Waals surface area contributed by atoms with Gasteiger partial charge in [0.25, 0.3) is 0 Å². The molecule has 1 aromatic rings. The highest BCUT2D eigenvalue weighted by molar-refractivity contribution is 5.40. The van der Waals surface area contributed by atoms with Crippen LogP contribution < -0.4 is 4.74 Å². The monoisotopic (exact) mass is 192 g/mol. The molecule has 0 aliphatic carbocycles. The van der Waals surface area contributed by atoms with Gasteiger partial charge in [0.2, 0.25) is 0 Å². The Morgan fingerprint density at radius 3 is 2.64 bits per heavy atom. The Labute approximate surface area is 83.9 Å². The number of benzene rings is 1. The van der Waals surface area contributed by atoms with Crippen molar-refractivity contribution in [2.45, 2.75) is 5.60 Å². The van der Waals surface area contributed by atoms with E-state index in [0.717, 1.165) is 11.3 Å². The van der Waals surface area contributed by atoms with E-state index in [2.05, 4.69) is 7.05 Å². The summed E-state index contributed by atoms with van der Waals surface area (Å²) in [6.07, 6.45) is 0. The molecule has 3 heteroatoms. The van der Waals surface area contributed by atoms with E-state index in [-0.39, 0.29) is 0 Å². The van der Waals surface area contributed by atoms with E-state index in [0.29, 0.717) is 13.1 Å². The zero-order valence-corrected chi connectivity index (χ0v) is 8.23. The van der Waals surface area contributed by atoms with E-state index in [1.165, 1.54) is 0 Å². The minimum absolute atomic E-state index is 0.563. The zero-order chi connectivity index (χ0) is 10.2. The Morgan fingerprint density at radius 2 is 2.07 bits per heavy atom. The first-order valence-electron chi connectivity index (χ1n) is 4.57. The number of para-hydroxylation sites is 1. The molecule has 1 heterocycles. The number of hydrogen-bond acceptors (Lipinski definition) is 3. The highest BCUT2D eigenvalue weighted by Gasteiger charge is 2.39. The van der Waals surface area contributed by atoms with Crippen LogP contribution in [-0.4, -0.2) is 30.2 Å². The number of aliphatic hydroxyl groups is 1. The average molecular weight is 192 g/mol. The Morgan fingerprint density at radius 1 is 1.43 bits per heavy atom. The van der Waals surface area contributed by atoms with Crippen LogP contribution in [0.15, 0.2) is 24.3 Å². The van der Waals surface area contributed by atoms with E-state index in [1.54, 1.807) is 7.11 Å². The van der Waals surface area contributed by atoms with Gasteiger partial charge in [-0.1, -0.05) is 18.2 Å². The van der Waals surface area contributed by atoms with Crippen LogP contribution in [0.4, 0.5) is 0 Å². The third-order valence-corrected chi connectivity index (χ3v) is 2.58. The maximum absolute atomic E-state index is 10.2. The van der Waals surface area contributed by atoms with Crippen molar-refractivity contribution in [2.24, 2.45) is 0 Å². The number of β-amino-alcohol motifs (C(OH)–C–C–N with tert-alkyl or cyclic N) is 1. The molecule has 1 saturated heterocycles. The highest BCUT2D eigenvalue weighted by atomic mass is 16.5. The second kappa shape index (κ2) is 3.26. The zero-order valence-electron chi connectivity index (χ0n) is 8.23. The van der Waals surface area contributed by atoms with Gasteiger partial charge in [-0.3, -0.25) is 7.05 Å². The van der Waals surface area contributed by atoms with E-state index < -0.39 is 5.60 Å². The molecule has 0 amide bonds. The van der Waals surface area contributed by atoms with Crippen molar-refractivity contribution in [1.82, 2.24) is 4.90 Å². The fourth-order valence-electron chi connectivity index (χ4n) is 1.89. The largest absolute Gasteiger partial charge is 0.496 e. The SMILES string of the molecule is [CH2-]N1CC(O)(c2ccccc2OC)C1. The first kappa shape index (κ1) is 9.49. The molecule has 0 spiro atoms. The van der Waals surface area contributed by atoms with Crippen molar-refractivity contribution in [3.63, 3.8) is 0 Å². The molecule has 0 aromatic heterocycles. The Balaban J connectivity index is 2.32. The van der Waals surface area contributed by atoms with Crippen LogP contribution >= 0.6 is 0 Å². The maximum atomic E-state index is 10.2. The highest BCUT2D eigenvalue weighted by Crippen LogP contribution is 2.36. The molecule has 76 valence electrons. The molecule has 2 rings (SSSR count). The summed E-state index contributed by atoms with van der Waals surface area (Å²) in [6.45, 7) is 1.13. The molecule has 14 heavy (non-hydrogen) atoms. The lowest BCUT2D eigenvalue weighted by molar-refractivity contribution is -0.0847. The second-order valence-electron chi connectivity index (χ2n) is 3.72. The topological polar surface area (TPSA) is 32.7 Å². The van der Waals surface area contributed by atoms with E-state index >= 15 is 0 Å². The fraction of sp³-hybridized carbons (Fsp3) is 0.364. The van der Waals surface area contributed by atoms with Gasteiger partial charge in [0.1, 0.15) is 11.4 Å². The van der Waals surface area contributed by atoms with Crippen molar-refractivity contribution >= 4 is 0 Å². The lowest BCUT2D eigenvalue weighted by Crippen LogP contribution is -2.56. The summed E-state index contributed by atoms with van der Waals surface area (Å²) >= 11 is 0. The maximum Gasteiger partial charge on any atom is 0.125 e. The molecule has 1 aromatic carbocycles. The van der Waals surface area contributed by atoms with Gasteiger partial charge in [-0.15, -0.1) is 0 Å². The minimum Gasteiger partial charge on any atom is -0.496 e. The van der Waals surface area contributed by atoms with E-state index in [1.807, 2.05) is 29.2 Å². The van der Waals surface area contributed by atoms with Crippen molar-refractivity contribution in [3.8, 4) is 5.75 Å². The molecule has 1 aliphatic rings. The number of ether oxygens (including phenoxy) is 1. The lowest BCUT2D eigenvalue weighted by atomic mass is 9.86. The smallest absolute Gasteiger partial charge is 0.125 e. The normalized spacial score (nSPS) is 20.2. The van der Waals surface area contributed by atoms with Crippen LogP contribution in [0.5, 0.6) is 5.75 Å². The van der Waals surface area contributed by atoms with Crippen LogP contribution in [0.2, 0.25) is 0 Å². The Bertz CT molecular complexity index is 332. The van der Waals surface area contributed by atoms with Crippen LogP contribution in [0.3, 0.4) is 0 Å². The summed E-state index contributed by atoms with van der Waals surface area (Å²) in [6, 6.07) is 7.55. The van der Waals surface area contributed by atoms with Crippen LogP contribution in [-0.2, 0) is 5.60 Å². The van der Waals surface area contributed by atoms with Gasteiger partial charge in [-0.2, -0.15) is 0 Å². The fourth-order valence-corrected chi connectivity index (χ4v) is 1.89. The van der Waals surface area contributed by atoms with Gasteiger partial charge >= 0.3 is 0 Å². The molecule has 1 N–H and O–H groups in total. The van der Waals surface area contributed by atoms with Crippen LogP contribution in [0.25, 0.3) is 0 Å². The first-order valence-corrected chi connectivity index (χ1v) is 4.57. The number of methoxy groups -OCH3 is 1. The van der Waals surface area contributed by atoms with E-state index in [4.69, 9.17) is 4.74 Å². The number of likely N-dealkylation sites (tertiary alicyclic amines) is 1. The van der Waals surface area contributed by atoms with Crippen molar-refractivity contribution in [1.29, 1.82) is 0 Å². The molecule has 0 atom stereocenters. The summed E-state index contributed by atoms with van der Waals surface area (Å²) in [5.74, 6) is 0.739. The summed E-state index contributed by atoms with van der Waals surface area (Å²) in [5, 5.41) is 10.2. The summed E-state index contributed by atoms with van der Waals surface area (Å²) < 4.78 is 5.20. The number of rotatable bonds is 2. The van der Waals surface area contributed by atoms with Gasteiger partial charge in [-0.05, 0) is 6.07 Å². The third kappa shape index (κ3) is 1.38. The molecule has 1 fully saturated rings. The molecular weight excluding hydrogens is 178 g/mol. The third-order valence-electron chi connectivity index (χ3n) is 2.58. The average Bonchev–Trinajstić information content (AvgIpc) is 2.15. The summed E-state index contributed by atoms with van der Waals surface area (Å²) in [7, 11) is 5.37. The molecule has 3 nitrogen and oxygen atoms in total. The Hall–Kier alpha value is -1.06. The predicted molar refractivity (Wildman–Crippen MR) is 53.8 cm³/mol. The Kier molecular flexibility index (Phi) is 2.21. The standard InChI is InChI=1S/C11H14NO2/c1-12-7-11(13,8-12)9-5-3-4-6-10(9)14-2/h3-6,13H,1,7-8H2,2H3/q-1. The molecule has 0 radical (unpaired) electrons. The van der Waals surface area contributed by atoms with E-state index in [9.17, 15) is 5.11 Å². The summed E-state index contributed by atoms with van der Waals surface area (Å²) in [5.41, 5.74) is 0.0661. The van der Waals surface area contributed by atoms with Crippen LogP contribution in [0.1, 0.15) is 5.56 Å². The summed E-state index contributed by atoms with van der Waals surface area (Å²) in [4.78, 5) is 1.83. The van der Waals surface area contributed by atoms with Gasteiger partial charge in [0.15, 0.2) is 0 Å². The van der Waals surface area contributed by atoms with Gasteiger partial charge in [-0.25, -0.2) is 0 Å². The molecular formula is C11H14NO2-. The molecule has 1 aliphatic heterocycles. The molecule has 0 saturated carbocycles. The number of hydrogen-bond donors (Lipinski definition) is 1. The van der Waals surface area contributed by atoms with Crippen molar-refractivity contribution < 1.29 is 9.84 Å². The second-order valence-corrected chi connectivity index (χ2v) is 3.72. The van der Waals surface area contributed by atoms with Crippen molar-refractivity contribution in [2.75, 3.05) is 20.2 Å². The van der Waals surface area contributed by atoms with Gasteiger partial charge in [0.05, 0.1) is 7.11 Å². The molecule has 0 bridgehead atoms. The van der Waals surface area contributed by atoms with Crippen LogP contribution in [0, 0.1) is 7.05 Å². The minimum atomic E-state index is -0.783. The number of nitrogens with zero attached hydrogens (tertiary/aromatic N) is 1. The quantitative estimate of drug-likeness (QED) is 0.709.